The number of aryl methyl sites for hydroxylation is 1. The monoisotopic (exact) mass is 293 g/mol. The van der Waals surface area contributed by atoms with Gasteiger partial charge < -0.3 is 0 Å². The molecule has 0 aliphatic carbocycles. The third kappa shape index (κ3) is 1.19. The van der Waals surface area contributed by atoms with Crippen LogP contribution >= 0.6 is 34.2 Å². The molecule has 0 bridgehead atoms. The van der Waals surface area contributed by atoms with Crippen molar-refractivity contribution in [3.05, 3.63) is 21.1 Å². The summed E-state index contributed by atoms with van der Waals surface area (Å²) in [7, 11) is 1.89. The lowest BCUT2D eigenvalue weighted by Gasteiger charge is -1.92. The van der Waals surface area contributed by atoms with E-state index in [-0.39, 0.29) is 0 Å². The topological polar surface area (TPSA) is 30.7 Å². The molecule has 0 fully saturated rings. The molecule has 0 saturated heterocycles. The third-order valence-electron chi connectivity index (χ3n) is 1.66. The van der Waals surface area contributed by atoms with Crippen LogP contribution in [0.3, 0.4) is 0 Å². The van der Waals surface area contributed by atoms with E-state index in [9.17, 15) is 0 Å². The Balaban J connectivity index is 2.90. The van der Waals surface area contributed by atoms with E-state index in [4.69, 9.17) is 11.6 Å². The Kier molecular flexibility index (Phi) is 1.96. The van der Waals surface area contributed by atoms with Crippen molar-refractivity contribution >= 4 is 45.1 Å². The molecule has 0 saturated carbocycles. The summed E-state index contributed by atoms with van der Waals surface area (Å²) in [5.41, 5.74) is 1.00. The summed E-state index contributed by atoms with van der Waals surface area (Å²) in [5.74, 6) is 0. The Morgan fingerprint density at radius 1 is 1.58 bits per heavy atom. The Bertz CT molecular complexity index is 437. The van der Waals surface area contributed by atoms with Gasteiger partial charge in [0.05, 0.1) is 11.7 Å². The van der Waals surface area contributed by atoms with E-state index in [1.807, 2.05) is 13.1 Å². The molecule has 0 radical (unpaired) electrons. The molecule has 62 valence electrons. The zero-order valence-corrected chi connectivity index (χ0v) is 9.17. The molecule has 3 nitrogen and oxygen atoms in total. The first kappa shape index (κ1) is 8.25. The number of nitrogens with zero attached hydrogens (tertiary/aromatic N) is 3. The van der Waals surface area contributed by atoms with E-state index in [0.717, 1.165) is 14.6 Å². The fourth-order valence-electron chi connectivity index (χ4n) is 1.09. The zero-order valence-electron chi connectivity index (χ0n) is 6.25. The molecule has 2 aromatic heterocycles. The van der Waals surface area contributed by atoms with Crippen LogP contribution in [0.2, 0.25) is 5.15 Å². The average Bonchev–Trinajstić information content (AvgIpc) is 2.28. The van der Waals surface area contributed by atoms with Crippen molar-refractivity contribution in [2.75, 3.05) is 0 Å². The molecule has 2 heterocycles. The van der Waals surface area contributed by atoms with Crippen LogP contribution in [-0.2, 0) is 7.05 Å². The molecule has 0 aromatic carbocycles. The summed E-state index contributed by atoms with van der Waals surface area (Å²) >= 11 is 7.93. The van der Waals surface area contributed by atoms with Crippen LogP contribution in [0.25, 0.3) is 10.9 Å². The van der Waals surface area contributed by atoms with Gasteiger partial charge in [-0.15, -0.1) is 0 Å². The quantitative estimate of drug-likeness (QED) is 0.551. The van der Waals surface area contributed by atoms with Crippen molar-refractivity contribution in [1.29, 1.82) is 0 Å². The molecule has 0 aliphatic rings. The number of fused-ring (bicyclic) bond motifs is 1. The summed E-state index contributed by atoms with van der Waals surface area (Å²) < 4.78 is 2.75. The molecular weight excluding hydrogens is 288 g/mol. The lowest BCUT2D eigenvalue weighted by Crippen LogP contribution is -1.89. The van der Waals surface area contributed by atoms with E-state index in [2.05, 4.69) is 32.7 Å². The van der Waals surface area contributed by atoms with Crippen molar-refractivity contribution in [1.82, 2.24) is 14.8 Å². The van der Waals surface area contributed by atoms with Crippen molar-refractivity contribution in [3.63, 3.8) is 0 Å². The standard InChI is InChI=1S/C7H5ClIN3/c1-12-5-3-10-6(8)2-4(5)7(9)11-12/h2-3H,1H3. The SMILES string of the molecule is Cn1nc(I)c2cc(Cl)ncc21. The van der Waals surface area contributed by atoms with E-state index in [0.29, 0.717) is 5.15 Å². The Morgan fingerprint density at radius 2 is 2.33 bits per heavy atom. The van der Waals surface area contributed by atoms with Crippen LogP contribution in [-0.4, -0.2) is 14.8 Å². The van der Waals surface area contributed by atoms with Crippen LogP contribution in [0.1, 0.15) is 0 Å². The first-order chi connectivity index (χ1) is 5.68. The molecule has 5 heteroatoms. The van der Waals surface area contributed by atoms with Crippen LogP contribution in [0.4, 0.5) is 0 Å². The fraction of sp³-hybridized carbons (Fsp3) is 0.143. The van der Waals surface area contributed by atoms with Crippen molar-refractivity contribution in [3.8, 4) is 0 Å². The Labute approximate surface area is 87.9 Å². The predicted molar refractivity (Wildman–Crippen MR) is 56.2 cm³/mol. The van der Waals surface area contributed by atoms with E-state index >= 15 is 0 Å². The number of rotatable bonds is 0. The third-order valence-corrected chi connectivity index (χ3v) is 2.66. The van der Waals surface area contributed by atoms with Crippen LogP contribution in [0.5, 0.6) is 0 Å². The minimum atomic E-state index is 0.508. The molecule has 0 amide bonds. The van der Waals surface area contributed by atoms with E-state index < -0.39 is 0 Å². The van der Waals surface area contributed by atoms with Gasteiger partial charge in [-0.25, -0.2) is 4.98 Å². The highest BCUT2D eigenvalue weighted by molar-refractivity contribution is 14.1. The molecular formula is C7H5ClIN3. The second kappa shape index (κ2) is 2.85. The van der Waals surface area contributed by atoms with Crippen molar-refractivity contribution < 1.29 is 0 Å². The molecule has 2 aromatic rings. The normalized spacial score (nSPS) is 10.9. The maximum Gasteiger partial charge on any atom is 0.131 e. The number of hydrogen-bond acceptors (Lipinski definition) is 2. The highest BCUT2D eigenvalue weighted by Crippen LogP contribution is 2.20. The van der Waals surface area contributed by atoms with Gasteiger partial charge in [0.2, 0.25) is 0 Å². The average molecular weight is 293 g/mol. The second-order valence-corrected chi connectivity index (χ2v) is 3.85. The largest absolute Gasteiger partial charge is 0.265 e. The summed E-state index contributed by atoms with van der Waals surface area (Å²) in [6.45, 7) is 0. The first-order valence-corrected chi connectivity index (χ1v) is 4.78. The summed E-state index contributed by atoms with van der Waals surface area (Å²) in [4.78, 5) is 3.98. The number of hydrogen-bond donors (Lipinski definition) is 0. The van der Waals surface area contributed by atoms with Crippen molar-refractivity contribution in [2.24, 2.45) is 7.05 Å². The van der Waals surface area contributed by atoms with Gasteiger partial charge in [0.25, 0.3) is 0 Å². The summed E-state index contributed by atoms with van der Waals surface area (Å²) in [5, 5.41) is 5.80. The molecule has 0 atom stereocenters. The van der Waals surface area contributed by atoms with Crippen LogP contribution < -0.4 is 0 Å². The molecule has 0 N–H and O–H groups in total. The zero-order chi connectivity index (χ0) is 8.72. The summed E-state index contributed by atoms with van der Waals surface area (Å²) in [6.07, 6.45) is 1.73. The maximum atomic E-state index is 5.75. The van der Waals surface area contributed by atoms with Gasteiger partial charge in [0.1, 0.15) is 8.85 Å². The van der Waals surface area contributed by atoms with Gasteiger partial charge in [-0.3, -0.25) is 4.68 Å². The van der Waals surface area contributed by atoms with Crippen LogP contribution in [0, 0.1) is 3.70 Å². The first-order valence-electron chi connectivity index (χ1n) is 3.32. The molecule has 0 aliphatic heterocycles. The second-order valence-electron chi connectivity index (χ2n) is 2.44. The lowest BCUT2D eigenvalue weighted by atomic mass is 10.3. The highest BCUT2D eigenvalue weighted by atomic mass is 127. The minimum Gasteiger partial charge on any atom is -0.265 e. The molecule has 2 rings (SSSR count). The van der Waals surface area contributed by atoms with Gasteiger partial charge in [-0.2, -0.15) is 5.10 Å². The number of aromatic nitrogens is 3. The summed E-state index contributed by atoms with van der Waals surface area (Å²) in [6, 6.07) is 1.83. The van der Waals surface area contributed by atoms with Gasteiger partial charge in [-0.1, -0.05) is 11.6 Å². The predicted octanol–water partition coefficient (Wildman–Crippen LogP) is 2.23. The Morgan fingerprint density at radius 3 is 3.08 bits per heavy atom. The fourth-order valence-corrected chi connectivity index (χ4v) is 2.00. The van der Waals surface area contributed by atoms with Gasteiger partial charge >= 0.3 is 0 Å². The Hall–Kier alpha value is -0.360. The smallest absolute Gasteiger partial charge is 0.131 e. The van der Waals surface area contributed by atoms with E-state index in [1.54, 1.807) is 10.9 Å². The van der Waals surface area contributed by atoms with Gasteiger partial charge in [-0.05, 0) is 28.7 Å². The molecule has 0 spiro atoms. The van der Waals surface area contributed by atoms with Gasteiger partial charge in [0, 0.05) is 12.4 Å². The minimum absolute atomic E-state index is 0.508. The highest BCUT2D eigenvalue weighted by Gasteiger charge is 2.05. The van der Waals surface area contributed by atoms with Crippen molar-refractivity contribution in [2.45, 2.75) is 0 Å². The maximum absolute atomic E-state index is 5.75. The molecule has 0 unspecified atom stereocenters. The number of halogens is 2. The molecule has 12 heavy (non-hydrogen) atoms. The van der Waals surface area contributed by atoms with Crippen LogP contribution in [0.15, 0.2) is 12.3 Å². The number of pyridine rings is 1. The van der Waals surface area contributed by atoms with Gasteiger partial charge in [0.15, 0.2) is 0 Å². The van der Waals surface area contributed by atoms with E-state index in [1.165, 1.54) is 0 Å². The lowest BCUT2D eigenvalue weighted by molar-refractivity contribution is 0.786.